The molecule has 2 rings (SSSR count). The first-order valence-corrected chi connectivity index (χ1v) is 9.90. The van der Waals surface area contributed by atoms with Gasteiger partial charge in [-0.2, -0.15) is 5.10 Å². The molecule has 0 aliphatic carbocycles. The second kappa shape index (κ2) is 9.03. The molecule has 2 aromatic rings. The second-order valence-electron chi connectivity index (χ2n) is 5.93. The maximum Gasteiger partial charge on any atom is 0.242 e. The van der Waals surface area contributed by atoms with Crippen molar-refractivity contribution in [3.8, 4) is 0 Å². The van der Waals surface area contributed by atoms with Gasteiger partial charge in [0.25, 0.3) is 0 Å². The zero-order valence-electron chi connectivity index (χ0n) is 15.2. The minimum atomic E-state index is -3.46. The molecule has 0 amide bonds. The third kappa shape index (κ3) is 5.81. The Morgan fingerprint density at radius 1 is 1.11 bits per heavy atom. The first-order chi connectivity index (χ1) is 12.7. The first-order valence-electron chi connectivity index (χ1n) is 8.05. The lowest BCUT2D eigenvalue weighted by Crippen LogP contribution is -2.32. The van der Waals surface area contributed by atoms with Crippen LogP contribution in [0.5, 0.6) is 0 Å². The standard InChI is InChI=1S/C18H21FN4O2S2/c1-13(15-6-10-17(11-7-15)27(24,25)23(2)3)21-22-18(26)20-12-14-4-8-16(19)9-5-14/h4-11H,12H2,1-3H3,(H2,20,22,26)/b21-13-. The third-order valence-electron chi connectivity index (χ3n) is 3.74. The fraction of sp³-hybridized carbons (Fsp3) is 0.222. The molecule has 144 valence electrons. The van der Waals surface area contributed by atoms with E-state index in [9.17, 15) is 12.8 Å². The molecule has 0 spiro atoms. The molecule has 0 bridgehead atoms. The third-order valence-corrected chi connectivity index (χ3v) is 5.81. The van der Waals surface area contributed by atoms with Gasteiger partial charge in [-0.05, 0) is 54.5 Å². The van der Waals surface area contributed by atoms with Gasteiger partial charge in [0, 0.05) is 20.6 Å². The monoisotopic (exact) mass is 408 g/mol. The van der Waals surface area contributed by atoms with E-state index < -0.39 is 10.0 Å². The predicted octanol–water partition coefficient (Wildman–Crippen LogP) is 2.46. The van der Waals surface area contributed by atoms with E-state index >= 15 is 0 Å². The highest BCUT2D eigenvalue weighted by Gasteiger charge is 2.16. The number of hydrogen-bond acceptors (Lipinski definition) is 4. The van der Waals surface area contributed by atoms with Crippen LogP contribution in [0.3, 0.4) is 0 Å². The molecule has 27 heavy (non-hydrogen) atoms. The molecular weight excluding hydrogens is 387 g/mol. The van der Waals surface area contributed by atoms with Crippen LogP contribution in [0.4, 0.5) is 4.39 Å². The predicted molar refractivity (Wildman–Crippen MR) is 108 cm³/mol. The Hall–Kier alpha value is -2.36. The molecule has 0 saturated carbocycles. The van der Waals surface area contributed by atoms with E-state index in [1.54, 1.807) is 31.2 Å². The second-order valence-corrected chi connectivity index (χ2v) is 8.49. The lowest BCUT2D eigenvalue weighted by atomic mass is 10.1. The first kappa shape index (κ1) is 20.9. The number of nitrogens with one attached hydrogen (secondary N) is 2. The maximum absolute atomic E-state index is 12.9. The van der Waals surface area contributed by atoms with E-state index in [0.29, 0.717) is 17.4 Å². The number of nitrogens with zero attached hydrogens (tertiary/aromatic N) is 2. The van der Waals surface area contributed by atoms with E-state index in [1.165, 1.54) is 38.4 Å². The van der Waals surface area contributed by atoms with Gasteiger partial charge in [-0.3, -0.25) is 5.43 Å². The molecule has 0 aromatic heterocycles. The van der Waals surface area contributed by atoms with Crippen LogP contribution in [0.25, 0.3) is 0 Å². The van der Waals surface area contributed by atoms with Gasteiger partial charge in [0.2, 0.25) is 10.0 Å². The summed E-state index contributed by atoms with van der Waals surface area (Å²) in [6, 6.07) is 12.6. The Balaban J connectivity index is 1.94. The van der Waals surface area contributed by atoms with E-state index in [2.05, 4.69) is 15.8 Å². The van der Waals surface area contributed by atoms with Gasteiger partial charge in [-0.25, -0.2) is 17.1 Å². The van der Waals surface area contributed by atoms with Crippen LogP contribution in [0.1, 0.15) is 18.1 Å². The molecule has 2 aromatic carbocycles. The van der Waals surface area contributed by atoms with Crippen molar-refractivity contribution in [2.24, 2.45) is 5.10 Å². The average molecular weight is 409 g/mol. The summed E-state index contributed by atoms with van der Waals surface area (Å²) in [5, 5.41) is 7.49. The van der Waals surface area contributed by atoms with E-state index in [0.717, 1.165) is 15.4 Å². The van der Waals surface area contributed by atoms with Crippen molar-refractivity contribution in [1.82, 2.24) is 15.0 Å². The van der Waals surface area contributed by atoms with Crippen LogP contribution in [-0.4, -0.2) is 37.6 Å². The minimum Gasteiger partial charge on any atom is -0.357 e. The van der Waals surface area contributed by atoms with Crippen molar-refractivity contribution < 1.29 is 12.8 Å². The van der Waals surface area contributed by atoms with Crippen molar-refractivity contribution in [2.45, 2.75) is 18.4 Å². The van der Waals surface area contributed by atoms with Crippen LogP contribution < -0.4 is 10.7 Å². The quantitative estimate of drug-likeness (QED) is 0.436. The zero-order valence-corrected chi connectivity index (χ0v) is 16.9. The van der Waals surface area contributed by atoms with Crippen LogP contribution in [0, 0.1) is 5.82 Å². The topological polar surface area (TPSA) is 73.8 Å². The SMILES string of the molecule is C/C(=N/NC(=S)NCc1ccc(F)cc1)c1ccc(S(=O)(=O)N(C)C)cc1. The number of hydrogen-bond donors (Lipinski definition) is 2. The summed E-state index contributed by atoms with van der Waals surface area (Å²) in [6.45, 7) is 2.23. The fourth-order valence-electron chi connectivity index (χ4n) is 2.10. The molecule has 0 aliphatic rings. The summed E-state index contributed by atoms with van der Waals surface area (Å²) in [6.07, 6.45) is 0. The fourth-order valence-corrected chi connectivity index (χ4v) is 3.12. The summed E-state index contributed by atoms with van der Waals surface area (Å²) in [5.41, 5.74) is 5.03. The van der Waals surface area contributed by atoms with Gasteiger partial charge in [0.15, 0.2) is 5.11 Å². The molecule has 0 atom stereocenters. The molecule has 6 nitrogen and oxygen atoms in total. The van der Waals surface area contributed by atoms with Crippen LogP contribution >= 0.6 is 12.2 Å². The lowest BCUT2D eigenvalue weighted by molar-refractivity contribution is 0.521. The number of hydrazone groups is 1. The summed E-state index contributed by atoms with van der Waals surface area (Å²) < 4.78 is 38.2. The summed E-state index contributed by atoms with van der Waals surface area (Å²) in [5.74, 6) is -0.288. The highest BCUT2D eigenvalue weighted by atomic mass is 32.2. The molecule has 0 fully saturated rings. The molecule has 0 radical (unpaired) electrons. The molecule has 0 heterocycles. The van der Waals surface area contributed by atoms with Crippen LogP contribution in [0.15, 0.2) is 58.5 Å². The Kier molecular flexibility index (Phi) is 7.00. The Labute approximate surface area is 164 Å². The zero-order chi connectivity index (χ0) is 20.0. The van der Waals surface area contributed by atoms with Gasteiger partial charge in [0.05, 0.1) is 10.6 Å². The molecule has 9 heteroatoms. The van der Waals surface area contributed by atoms with Gasteiger partial charge >= 0.3 is 0 Å². The normalized spacial score (nSPS) is 12.1. The van der Waals surface area contributed by atoms with E-state index in [4.69, 9.17) is 12.2 Å². The maximum atomic E-state index is 12.9. The average Bonchev–Trinajstić information content (AvgIpc) is 2.65. The number of sulfonamides is 1. The summed E-state index contributed by atoms with van der Waals surface area (Å²) in [4.78, 5) is 0.216. The molecule has 0 saturated heterocycles. The van der Waals surface area contributed by atoms with Crippen molar-refractivity contribution in [2.75, 3.05) is 14.1 Å². The summed E-state index contributed by atoms with van der Waals surface area (Å²) in [7, 11) is -0.486. The Bertz CT molecular complexity index is 925. The molecule has 0 unspecified atom stereocenters. The highest BCUT2D eigenvalue weighted by molar-refractivity contribution is 7.89. The summed E-state index contributed by atoms with van der Waals surface area (Å²) >= 11 is 5.16. The lowest BCUT2D eigenvalue weighted by Gasteiger charge is -2.12. The van der Waals surface area contributed by atoms with E-state index in [1.807, 2.05) is 0 Å². The number of thiocarbonyl (C=S) groups is 1. The van der Waals surface area contributed by atoms with Crippen molar-refractivity contribution in [1.29, 1.82) is 0 Å². The van der Waals surface area contributed by atoms with E-state index in [-0.39, 0.29) is 10.7 Å². The van der Waals surface area contributed by atoms with Crippen molar-refractivity contribution in [3.05, 3.63) is 65.5 Å². The van der Waals surface area contributed by atoms with Crippen LogP contribution in [-0.2, 0) is 16.6 Å². The van der Waals surface area contributed by atoms with Gasteiger partial charge < -0.3 is 5.32 Å². The van der Waals surface area contributed by atoms with Gasteiger partial charge in [0.1, 0.15) is 5.82 Å². The van der Waals surface area contributed by atoms with Gasteiger partial charge in [-0.1, -0.05) is 24.3 Å². The molecular formula is C18H21FN4O2S2. The minimum absolute atomic E-state index is 0.216. The Morgan fingerprint density at radius 3 is 2.26 bits per heavy atom. The number of rotatable bonds is 6. The van der Waals surface area contributed by atoms with Crippen molar-refractivity contribution >= 4 is 33.1 Å². The number of benzene rings is 2. The van der Waals surface area contributed by atoms with Crippen molar-refractivity contribution in [3.63, 3.8) is 0 Å². The molecule has 0 aliphatic heterocycles. The smallest absolute Gasteiger partial charge is 0.242 e. The van der Waals surface area contributed by atoms with Gasteiger partial charge in [-0.15, -0.1) is 0 Å². The van der Waals surface area contributed by atoms with Crippen LogP contribution in [0.2, 0.25) is 0 Å². The number of halogens is 1. The largest absolute Gasteiger partial charge is 0.357 e. The molecule has 2 N–H and O–H groups in total. The Morgan fingerprint density at radius 2 is 1.70 bits per heavy atom. The highest BCUT2D eigenvalue weighted by Crippen LogP contribution is 2.14.